The lowest BCUT2D eigenvalue weighted by Crippen LogP contribution is -2.26. The van der Waals surface area contributed by atoms with Crippen molar-refractivity contribution in [3.63, 3.8) is 0 Å². The molecule has 13 heavy (non-hydrogen) atoms. The second kappa shape index (κ2) is 7.91. The fourth-order valence-electron chi connectivity index (χ4n) is 0.689. The average Bonchev–Trinajstić information content (AvgIpc) is 2.14. The number of hydrogen-bond donors (Lipinski definition) is 1. The number of ether oxygens (including phenoxy) is 1. The van der Waals surface area contributed by atoms with Crippen LogP contribution in [0.5, 0.6) is 0 Å². The summed E-state index contributed by atoms with van der Waals surface area (Å²) in [5, 5.41) is 2.63. The summed E-state index contributed by atoms with van der Waals surface area (Å²) in [4.78, 5) is 21.6. The van der Waals surface area contributed by atoms with Gasteiger partial charge in [0.05, 0.1) is 13.5 Å². The van der Waals surface area contributed by atoms with E-state index in [9.17, 15) is 9.59 Å². The molecule has 0 heterocycles. The van der Waals surface area contributed by atoms with Crippen LogP contribution >= 0.6 is 11.8 Å². The van der Waals surface area contributed by atoms with E-state index in [1.54, 1.807) is 11.8 Å². The predicted octanol–water partition coefficient (Wildman–Crippen LogP) is 0.419. The van der Waals surface area contributed by atoms with Crippen LogP contribution in [0.25, 0.3) is 0 Å². The minimum atomic E-state index is -0.301. The Bertz CT molecular complexity index is 173. The number of carbonyl (C=O) groups excluding carboxylic acids is 2. The molecule has 0 aliphatic carbocycles. The van der Waals surface area contributed by atoms with Crippen LogP contribution in [-0.4, -0.2) is 37.5 Å². The summed E-state index contributed by atoms with van der Waals surface area (Å²) in [6, 6.07) is 0. The van der Waals surface area contributed by atoms with Crippen molar-refractivity contribution < 1.29 is 14.3 Å². The number of rotatable bonds is 6. The molecule has 0 fully saturated rings. The smallest absolute Gasteiger partial charge is 0.307 e. The monoisotopic (exact) mass is 205 g/mol. The third-order valence-corrected chi connectivity index (χ3v) is 2.02. The van der Waals surface area contributed by atoms with Gasteiger partial charge in [-0.2, -0.15) is 11.8 Å². The SMILES string of the molecule is COC(=O)CCNC(=O)CCSC. The molecule has 0 atom stereocenters. The lowest BCUT2D eigenvalue weighted by molar-refractivity contribution is -0.140. The lowest BCUT2D eigenvalue weighted by atomic mass is 10.4. The molecule has 5 heteroatoms. The largest absolute Gasteiger partial charge is 0.469 e. The van der Waals surface area contributed by atoms with E-state index in [1.165, 1.54) is 7.11 Å². The Balaban J connectivity index is 3.31. The van der Waals surface area contributed by atoms with Crippen molar-refractivity contribution >= 4 is 23.6 Å². The zero-order chi connectivity index (χ0) is 10.1. The van der Waals surface area contributed by atoms with Gasteiger partial charge in [-0.3, -0.25) is 9.59 Å². The molecule has 0 aromatic carbocycles. The Morgan fingerprint density at radius 2 is 2.08 bits per heavy atom. The highest BCUT2D eigenvalue weighted by molar-refractivity contribution is 7.98. The molecule has 1 N–H and O–H groups in total. The number of thioether (sulfide) groups is 1. The molecule has 0 aliphatic rings. The highest BCUT2D eigenvalue weighted by Gasteiger charge is 2.02. The predicted molar refractivity (Wildman–Crippen MR) is 52.6 cm³/mol. The minimum absolute atomic E-state index is 0.0155. The Labute approximate surface area is 82.4 Å². The summed E-state index contributed by atoms with van der Waals surface area (Å²) in [6.45, 7) is 0.361. The molecule has 0 unspecified atom stereocenters. The number of nitrogens with one attached hydrogen (secondary N) is 1. The van der Waals surface area contributed by atoms with Crippen LogP contribution in [0.3, 0.4) is 0 Å². The van der Waals surface area contributed by atoms with Crippen LogP contribution in [0.15, 0.2) is 0 Å². The van der Waals surface area contributed by atoms with E-state index in [0.717, 1.165) is 5.75 Å². The van der Waals surface area contributed by atoms with Gasteiger partial charge >= 0.3 is 5.97 Å². The standard InChI is InChI=1S/C8H15NO3S/c1-12-8(11)3-5-9-7(10)4-6-13-2/h3-6H2,1-2H3,(H,9,10). The topological polar surface area (TPSA) is 55.4 Å². The van der Waals surface area contributed by atoms with Gasteiger partial charge < -0.3 is 10.1 Å². The van der Waals surface area contributed by atoms with E-state index in [0.29, 0.717) is 13.0 Å². The molecular formula is C8H15NO3S. The van der Waals surface area contributed by atoms with E-state index >= 15 is 0 Å². The first-order valence-corrected chi connectivity index (χ1v) is 5.42. The second-order valence-electron chi connectivity index (χ2n) is 2.42. The summed E-state index contributed by atoms with van der Waals surface area (Å²) in [5.74, 6) is 0.493. The van der Waals surface area contributed by atoms with Crippen molar-refractivity contribution in [1.29, 1.82) is 0 Å². The first kappa shape index (κ1) is 12.3. The number of methoxy groups -OCH3 is 1. The molecule has 0 radical (unpaired) electrons. The molecule has 0 saturated carbocycles. The van der Waals surface area contributed by atoms with Gasteiger partial charge in [-0.1, -0.05) is 0 Å². The molecule has 76 valence electrons. The van der Waals surface area contributed by atoms with Crippen molar-refractivity contribution in [2.24, 2.45) is 0 Å². The zero-order valence-corrected chi connectivity index (χ0v) is 8.78. The van der Waals surface area contributed by atoms with Crippen LogP contribution in [-0.2, 0) is 14.3 Å². The number of amides is 1. The first-order valence-electron chi connectivity index (χ1n) is 4.03. The quantitative estimate of drug-likeness (QED) is 0.638. The summed E-state index contributed by atoms with van der Waals surface area (Å²) in [5.41, 5.74) is 0. The average molecular weight is 205 g/mol. The van der Waals surface area contributed by atoms with Gasteiger partial charge in [0.15, 0.2) is 0 Å². The number of hydrogen-bond acceptors (Lipinski definition) is 4. The maximum absolute atomic E-state index is 11.0. The molecule has 0 bridgehead atoms. The van der Waals surface area contributed by atoms with Crippen LogP contribution < -0.4 is 5.32 Å². The third-order valence-electron chi connectivity index (χ3n) is 1.41. The molecular weight excluding hydrogens is 190 g/mol. The van der Waals surface area contributed by atoms with Crippen molar-refractivity contribution in [1.82, 2.24) is 5.32 Å². The minimum Gasteiger partial charge on any atom is -0.469 e. The van der Waals surface area contributed by atoms with Gasteiger partial charge in [-0.15, -0.1) is 0 Å². The number of esters is 1. The van der Waals surface area contributed by atoms with Crippen LogP contribution in [0.1, 0.15) is 12.8 Å². The van der Waals surface area contributed by atoms with Gasteiger partial charge in [0.2, 0.25) is 5.91 Å². The van der Waals surface area contributed by atoms with Gasteiger partial charge in [0.1, 0.15) is 0 Å². The highest BCUT2D eigenvalue weighted by Crippen LogP contribution is 1.94. The van der Waals surface area contributed by atoms with E-state index in [4.69, 9.17) is 0 Å². The maximum atomic E-state index is 11.0. The molecule has 4 nitrogen and oxygen atoms in total. The Morgan fingerprint density at radius 3 is 2.62 bits per heavy atom. The van der Waals surface area contributed by atoms with E-state index in [2.05, 4.69) is 10.1 Å². The van der Waals surface area contributed by atoms with Crippen molar-refractivity contribution in [2.45, 2.75) is 12.8 Å². The molecule has 0 aromatic heterocycles. The third kappa shape index (κ3) is 7.64. The summed E-state index contributed by atoms with van der Waals surface area (Å²) in [6.07, 6.45) is 2.69. The summed E-state index contributed by atoms with van der Waals surface area (Å²) in [7, 11) is 1.33. The molecule has 0 rings (SSSR count). The molecule has 0 aliphatic heterocycles. The fraction of sp³-hybridized carbons (Fsp3) is 0.750. The first-order chi connectivity index (χ1) is 6.20. The van der Waals surface area contributed by atoms with Crippen LogP contribution in [0.2, 0.25) is 0 Å². The molecule has 0 spiro atoms. The van der Waals surface area contributed by atoms with Crippen LogP contribution in [0, 0.1) is 0 Å². The zero-order valence-electron chi connectivity index (χ0n) is 7.96. The Morgan fingerprint density at radius 1 is 1.38 bits per heavy atom. The Hall–Kier alpha value is -0.710. The van der Waals surface area contributed by atoms with Crippen molar-refractivity contribution in [3.05, 3.63) is 0 Å². The van der Waals surface area contributed by atoms with Crippen molar-refractivity contribution in [2.75, 3.05) is 25.7 Å². The summed E-state index contributed by atoms with van der Waals surface area (Å²) >= 11 is 1.62. The van der Waals surface area contributed by atoms with Crippen LogP contribution in [0.4, 0.5) is 0 Å². The Kier molecular flexibility index (Phi) is 7.48. The molecule has 0 saturated heterocycles. The maximum Gasteiger partial charge on any atom is 0.307 e. The van der Waals surface area contributed by atoms with Gasteiger partial charge in [-0.25, -0.2) is 0 Å². The van der Waals surface area contributed by atoms with E-state index in [-0.39, 0.29) is 18.3 Å². The van der Waals surface area contributed by atoms with Gasteiger partial charge in [0.25, 0.3) is 0 Å². The summed E-state index contributed by atoms with van der Waals surface area (Å²) < 4.78 is 4.42. The second-order valence-corrected chi connectivity index (χ2v) is 3.40. The van der Waals surface area contributed by atoms with E-state index < -0.39 is 0 Å². The normalized spacial score (nSPS) is 9.38. The molecule has 0 aromatic rings. The van der Waals surface area contributed by atoms with Gasteiger partial charge in [0, 0.05) is 18.7 Å². The molecule has 1 amide bonds. The lowest BCUT2D eigenvalue weighted by Gasteiger charge is -2.02. The fourth-order valence-corrected chi connectivity index (χ4v) is 1.08. The highest BCUT2D eigenvalue weighted by atomic mass is 32.2. The van der Waals surface area contributed by atoms with Crippen molar-refractivity contribution in [3.8, 4) is 0 Å². The van der Waals surface area contributed by atoms with E-state index in [1.807, 2.05) is 6.26 Å². The number of carbonyl (C=O) groups is 2. The van der Waals surface area contributed by atoms with Gasteiger partial charge in [-0.05, 0) is 6.26 Å².